The molecular weight excluding hydrogens is 562 g/mol. The minimum atomic E-state index is -0.993. The van der Waals surface area contributed by atoms with Gasteiger partial charge in [-0.2, -0.15) is 0 Å². The maximum absolute atomic E-state index is 12.4. The zero-order valence-corrected chi connectivity index (χ0v) is 25.3. The van der Waals surface area contributed by atoms with Crippen molar-refractivity contribution in [3.05, 3.63) is 78.8 Å². The predicted molar refractivity (Wildman–Crippen MR) is 170 cm³/mol. The highest BCUT2D eigenvalue weighted by Gasteiger charge is 2.26. The van der Waals surface area contributed by atoms with Gasteiger partial charge in [0.2, 0.25) is 11.9 Å². The van der Waals surface area contributed by atoms with Gasteiger partial charge in [-0.25, -0.2) is 14.8 Å². The van der Waals surface area contributed by atoms with Gasteiger partial charge in [-0.1, -0.05) is 24.8 Å². The van der Waals surface area contributed by atoms with Crippen LogP contribution in [0.25, 0.3) is 10.9 Å². The second kappa shape index (κ2) is 13.0. The molecule has 0 radical (unpaired) electrons. The molecule has 230 valence electrons. The van der Waals surface area contributed by atoms with Crippen molar-refractivity contribution < 1.29 is 24.2 Å². The summed E-state index contributed by atoms with van der Waals surface area (Å²) in [6.45, 7) is 9.17. The Hall–Kier alpha value is -5.10. The van der Waals surface area contributed by atoms with Crippen LogP contribution < -0.4 is 20.3 Å². The largest absolute Gasteiger partial charge is 0.494 e. The molecule has 1 unspecified atom stereocenters. The Balaban J connectivity index is 1.44. The number of nitrogens with zero attached hydrogens (tertiary/aromatic N) is 5. The highest BCUT2D eigenvalue weighted by molar-refractivity contribution is 6.02. The van der Waals surface area contributed by atoms with Gasteiger partial charge in [-0.15, -0.1) is 0 Å². The Bertz CT molecular complexity index is 1690. The normalized spacial score (nSPS) is 14.2. The number of carboxylic acid groups (broad SMARTS) is 1. The fourth-order valence-corrected chi connectivity index (χ4v) is 5.37. The van der Waals surface area contributed by atoms with E-state index in [9.17, 15) is 14.7 Å². The van der Waals surface area contributed by atoms with Crippen molar-refractivity contribution in [1.29, 1.82) is 0 Å². The number of ether oxygens (including phenoxy) is 2. The molecule has 0 saturated heterocycles. The van der Waals surface area contributed by atoms with Crippen molar-refractivity contribution in [2.45, 2.75) is 32.5 Å². The molecule has 4 aromatic rings. The maximum Gasteiger partial charge on any atom is 0.407 e. The molecule has 3 heterocycles. The number of fused-ring (bicyclic) bond motifs is 3. The van der Waals surface area contributed by atoms with E-state index in [0.717, 1.165) is 23.1 Å². The Morgan fingerprint density at radius 2 is 2.00 bits per heavy atom. The van der Waals surface area contributed by atoms with Gasteiger partial charge in [-0.05, 0) is 49.6 Å². The van der Waals surface area contributed by atoms with E-state index in [0.29, 0.717) is 47.6 Å². The van der Waals surface area contributed by atoms with Gasteiger partial charge in [0.15, 0.2) is 0 Å². The van der Waals surface area contributed by atoms with Gasteiger partial charge in [0.05, 0.1) is 42.2 Å². The quantitative estimate of drug-likeness (QED) is 0.198. The summed E-state index contributed by atoms with van der Waals surface area (Å²) in [5.74, 6) is 0.410. The summed E-state index contributed by atoms with van der Waals surface area (Å²) in [6, 6.07) is 15.6. The molecule has 2 aromatic carbocycles. The maximum atomic E-state index is 12.4. The van der Waals surface area contributed by atoms with Crippen LogP contribution in [0.5, 0.6) is 5.75 Å². The number of nitrogens with one attached hydrogen (secondary N) is 2. The van der Waals surface area contributed by atoms with Crippen LogP contribution in [0.15, 0.2) is 67.4 Å². The van der Waals surface area contributed by atoms with E-state index in [1.165, 1.54) is 11.0 Å². The lowest BCUT2D eigenvalue weighted by Gasteiger charge is -2.29. The van der Waals surface area contributed by atoms with Crippen LogP contribution in [-0.4, -0.2) is 76.4 Å². The third kappa shape index (κ3) is 6.30. The van der Waals surface area contributed by atoms with E-state index in [1.807, 2.05) is 44.0 Å². The van der Waals surface area contributed by atoms with Crippen LogP contribution >= 0.6 is 0 Å². The Morgan fingerprint density at radius 3 is 2.73 bits per heavy atom. The minimum Gasteiger partial charge on any atom is -0.494 e. The van der Waals surface area contributed by atoms with E-state index in [4.69, 9.17) is 14.5 Å². The first-order valence-corrected chi connectivity index (χ1v) is 14.4. The molecule has 1 aliphatic heterocycles. The van der Waals surface area contributed by atoms with Gasteiger partial charge >= 0.3 is 6.09 Å². The van der Waals surface area contributed by atoms with Gasteiger partial charge in [0.1, 0.15) is 11.9 Å². The van der Waals surface area contributed by atoms with Crippen molar-refractivity contribution in [1.82, 2.24) is 19.4 Å². The molecule has 2 aromatic heterocycles. The molecule has 12 heteroatoms. The number of rotatable bonds is 11. The highest BCUT2D eigenvalue weighted by atomic mass is 16.5. The van der Waals surface area contributed by atoms with Gasteiger partial charge in [-0.3, -0.25) is 4.79 Å². The lowest BCUT2D eigenvalue weighted by molar-refractivity contribution is -0.111. The number of anilines is 4. The summed E-state index contributed by atoms with van der Waals surface area (Å²) in [5, 5.41) is 16.8. The van der Waals surface area contributed by atoms with E-state index in [2.05, 4.69) is 45.0 Å². The average molecular weight is 600 g/mol. The topological polar surface area (TPSA) is 134 Å². The molecular formula is C32H37N7O5. The van der Waals surface area contributed by atoms with Crippen molar-refractivity contribution in [3.8, 4) is 5.75 Å². The number of likely N-dealkylation sites (N-methyl/N-ethyl adjacent to an activating group) is 1. The average Bonchev–Trinajstić information content (AvgIpc) is 3.40. The molecule has 12 nitrogen and oxygen atoms in total. The van der Waals surface area contributed by atoms with Crippen molar-refractivity contribution in [3.63, 3.8) is 0 Å². The molecule has 0 bridgehead atoms. The third-order valence-electron chi connectivity index (χ3n) is 7.62. The smallest absolute Gasteiger partial charge is 0.407 e. The highest BCUT2D eigenvalue weighted by Crippen LogP contribution is 2.38. The van der Waals surface area contributed by atoms with E-state index in [-0.39, 0.29) is 18.7 Å². The fourth-order valence-electron chi connectivity index (χ4n) is 5.37. The Kier molecular flexibility index (Phi) is 9.00. The minimum absolute atomic E-state index is 0.180. The summed E-state index contributed by atoms with van der Waals surface area (Å²) in [6.07, 6.45) is 1.50. The molecule has 44 heavy (non-hydrogen) atoms. The molecule has 0 spiro atoms. The van der Waals surface area contributed by atoms with Crippen LogP contribution in [0.1, 0.15) is 31.3 Å². The molecule has 0 saturated carbocycles. The summed E-state index contributed by atoms with van der Waals surface area (Å²) < 4.78 is 14.2. The lowest BCUT2D eigenvalue weighted by Crippen LogP contribution is -2.41. The molecule has 0 fully saturated rings. The second-order valence-electron chi connectivity index (χ2n) is 10.7. The van der Waals surface area contributed by atoms with Crippen LogP contribution in [0, 0.1) is 0 Å². The number of para-hydroxylation sites is 1. The SMILES string of the molecule is C=CC(=O)Nc1cc(Nc2nccc(C3OCCn4c3cc3ccccc34)n2)c(OC)cc1N(C)CCN(C(=O)O)C(C)C. The number of amides is 2. The molecule has 5 rings (SSSR count). The monoisotopic (exact) mass is 599 g/mol. The first-order chi connectivity index (χ1) is 21.2. The van der Waals surface area contributed by atoms with Crippen LogP contribution in [0.2, 0.25) is 0 Å². The number of benzene rings is 2. The second-order valence-corrected chi connectivity index (χ2v) is 10.7. The summed E-state index contributed by atoms with van der Waals surface area (Å²) >= 11 is 0. The number of carbonyl (C=O) groups is 2. The molecule has 1 atom stereocenters. The number of hydrogen-bond acceptors (Lipinski definition) is 8. The van der Waals surface area contributed by atoms with Crippen molar-refractivity contribution in [2.24, 2.45) is 0 Å². The Labute approximate surface area is 255 Å². The summed E-state index contributed by atoms with van der Waals surface area (Å²) in [7, 11) is 3.37. The van der Waals surface area contributed by atoms with E-state index >= 15 is 0 Å². The van der Waals surface area contributed by atoms with Gasteiger partial charge < -0.3 is 39.6 Å². The van der Waals surface area contributed by atoms with Crippen LogP contribution in [-0.2, 0) is 16.1 Å². The number of aromatic nitrogens is 3. The van der Waals surface area contributed by atoms with Crippen molar-refractivity contribution >= 4 is 45.9 Å². The number of carbonyl (C=O) groups excluding carboxylic acids is 1. The molecule has 1 aliphatic rings. The predicted octanol–water partition coefficient (Wildman–Crippen LogP) is 5.25. The van der Waals surface area contributed by atoms with Gasteiger partial charge in [0.25, 0.3) is 0 Å². The standard InChI is InChI=1S/C32H37N7O5/c1-6-29(40)34-23-18-24(28(43-5)19-26(23)37(4)13-14-38(20(2)3)32(41)42)36-31-33-12-11-22(35-31)30-27-17-21-9-7-8-10-25(21)39(27)15-16-44-30/h6-12,17-20,30H,1,13-16H2,2-5H3,(H,34,40)(H,41,42)(H,33,35,36). The molecule has 0 aliphatic carbocycles. The molecule has 3 N–H and O–H groups in total. The lowest BCUT2D eigenvalue weighted by atomic mass is 10.1. The zero-order chi connectivity index (χ0) is 31.4. The summed E-state index contributed by atoms with van der Waals surface area (Å²) in [5.41, 5.74) is 4.52. The third-order valence-corrected chi connectivity index (χ3v) is 7.62. The zero-order valence-electron chi connectivity index (χ0n) is 25.3. The van der Waals surface area contributed by atoms with Crippen LogP contribution in [0.3, 0.4) is 0 Å². The fraction of sp³-hybridized carbons (Fsp3) is 0.312. The first kappa shape index (κ1) is 30.4. The van der Waals surface area contributed by atoms with E-state index < -0.39 is 12.0 Å². The molecule has 2 amide bonds. The first-order valence-electron chi connectivity index (χ1n) is 14.4. The van der Waals surface area contributed by atoms with Crippen LogP contribution in [0.4, 0.5) is 27.8 Å². The number of hydrogen-bond donors (Lipinski definition) is 3. The Morgan fingerprint density at radius 1 is 1.20 bits per heavy atom. The number of methoxy groups -OCH3 is 1. The van der Waals surface area contributed by atoms with Crippen molar-refractivity contribution in [2.75, 3.05) is 49.4 Å². The summed E-state index contributed by atoms with van der Waals surface area (Å²) in [4.78, 5) is 36.5. The van der Waals surface area contributed by atoms with Gasteiger partial charge in [0, 0.05) is 50.5 Å². The van der Waals surface area contributed by atoms with E-state index in [1.54, 1.807) is 25.4 Å².